The average molecular weight is 552 g/mol. The second-order valence-electron chi connectivity index (χ2n) is 9.27. The van der Waals surface area contributed by atoms with Gasteiger partial charge in [-0.1, -0.05) is 18.2 Å². The number of aryl methyl sites for hydroxylation is 2. The van der Waals surface area contributed by atoms with Crippen molar-refractivity contribution in [3.63, 3.8) is 0 Å². The first-order valence-electron chi connectivity index (χ1n) is 12.7. The lowest BCUT2D eigenvalue weighted by Crippen LogP contribution is -2.38. The standard InChI is InChI=1S/C27H33N7O4S/c1-17-5-3-6-19(15-17)30-27(37)31-20-7-8-21(18(2)16-20)23-22(24(28)35)25(39-33-23)32-26(36)29-9-4-10-34-11-13-38-14-12-34/h3,5-8,15-16H,4,9-14H2,1-2H3,(H2,28,35)(H2,29,32,36)(H2,30,31,37). The van der Waals surface area contributed by atoms with Gasteiger partial charge in [0.25, 0.3) is 5.91 Å². The number of amides is 5. The zero-order valence-corrected chi connectivity index (χ0v) is 22.8. The van der Waals surface area contributed by atoms with E-state index in [0.29, 0.717) is 29.2 Å². The number of hydrogen-bond donors (Lipinski definition) is 5. The van der Waals surface area contributed by atoms with Crippen molar-refractivity contribution in [1.29, 1.82) is 0 Å². The number of carbonyl (C=O) groups is 3. The molecule has 0 unspecified atom stereocenters. The maximum absolute atomic E-state index is 12.5. The van der Waals surface area contributed by atoms with Gasteiger partial charge in [0.05, 0.1) is 18.9 Å². The highest BCUT2D eigenvalue weighted by Gasteiger charge is 2.23. The zero-order valence-electron chi connectivity index (χ0n) is 22.0. The number of rotatable bonds is 9. The van der Waals surface area contributed by atoms with Crippen molar-refractivity contribution in [2.24, 2.45) is 5.73 Å². The Bertz CT molecular complexity index is 1340. The number of urea groups is 2. The molecule has 1 aromatic heterocycles. The summed E-state index contributed by atoms with van der Waals surface area (Å²) in [6, 6.07) is 12.0. The maximum atomic E-state index is 12.5. The Morgan fingerprint density at radius 1 is 1.00 bits per heavy atom. The Hall–Kier alpha value is -4.00. The molecule has 0 saturated carbocycles. The molecule has 6 N–H and O–H groups in total. The fourth-order valence-electron chi connectivity index (χ4n) is 4.29. The summed E-state index contributed by atoms with van der Waals surface area (Å²) in [6.45, 7) is 8.43. The van der Waals surface area contributed by atoms with Crippen molar-refractivity contribution in [2.45, 2.75) is 20.3 Å². The smallest absolute Gasteiger partial charge is 0.323 e. The number of primary amides is 1. The van der Waals surface area contributed by atoms with Crippen LogP contribution in [0.15, 0.2) is 42.5 Å². The molecule has 1 aliphatic rings. The van der Waals surface area contributed by atoms with Gasteiger partial charge in [0, 0.05) is 36.6 Å². The predicted octanol–water partition coefficient (Wildman–Crippen LogP) is 4.01. The Labute approximate surface area is 231 Å². The summed E-state index contributed by atoms with van der Waals surface area (Å²) in [6.07, 6.45) is 0.798. The number of ether oxygens (including phenoxy) is 1. The van der Waals surface area contributed by atoms with Crippen LogP contribution >= 0.6 is 11.5 Å². The van der Waals surface area contributed by atoms with Gasteiger partial charge < -0.3 is 26.4 Å². The molecule has 206 valence electrons. The summed E-state index contributed by atoms with van der Waals surface area (Å²) in [7, 11) is 0. The van der Waals surface area contributed by atoms with Gasteiger partial charge in [-0.15, -0.1) is 0 Å². The summed E-state index contributed by atoms with van der Waals surface area (Å²) < 4.78 is 9.76. The van der Waals surface area contributed by atoms with E-state index in [1.54, 1.807) is 18.2 Å². The number of morpholine rings is 1. The van der Waals surface area contributed by atoms with Gasteiger partial charge in [-0.2, -0.15) is 4.37 Å². The number of nitrogens with zero attached hydrogens (tertiary/aromatic N) is 2. The number of aromatic nitrogens is 1. The topological polar surface area (TPSA) is 151 Å². The van der Waals surface area contributed by atoms with E-state index in [9.17, 15) is 14.4 Å². The van der Waals surface area contributed by atoms with Crippen molar-refractivity contribution in [2.75, 3.05) is 55.3 Å². The van der Waals surface area contributed by atoms with Crippen LogP contribution in [0.25, 0.3) is 11.3 Å². The summed E-state index contributed by atoms with van der Waals surface area (Å²) in [5.74, 6) is -0.694. The number of nitrogens with two attached hydrogens (primary N) is 1. The fourth-order valence-corrected chi connectivity index (χ4v) is 5.09. The van der Waals surface area contributed by atoms with Crippen LogP contribution in [0.5, 0.6) is 0 Å². The minimum atomic E-state index is -0.694. The van der Waals surface area contributed by atoms with E-state index in [4.69, 9.17) is 10.5 Å². The van der Waals surface area contributed by atoms with Crippen LogP contribution in [0.3, 0.4) is 0 Å². The molecular formula is C27H33N7O4S. The SMILES string of the molecule is Cc1cccc(NC(=O)Nc2ccc(-c3nsc(NC(=O)NCCCN4CCOCC4)c3C(N)=O)c(C)c2)c1. The molecule has 11 nitrogen and oxygen atoms in total. The van der Waals surface area contributed by atoms with Crippen molar-refractivity contribution in [1.82, 2.24) is 14.6 Å². The second kappa shape index (κ2) is 13.2. The van der Waals surface area contributed by atoms with Crippen LogP contribution in [-0.4, -0.2) is 66.6 Å². The van der Waals surface area contributed by atoms with Gasteiger partial charge in [0.2, 0.25) is 0 Å². The molecule has 0 aliphatic carbocycles. The van der Waals surface area contributed by atoms with Gasteiger partial charge in [-0.05, 0) is 73.7 Å². The first-order chi connectivity index (χ1) is 18.8. The number of carbonyl (C=O) groups excluding carboxylic acids is 3. The maximum Gasteiger partial charge on any atom is 0.323 e. The molecule has 5 amide bonds. The van der Waals surface area contributed by atoms with Crippen LogP contribution in [0.4, 0.5) is 26.0 Å². The molecule has 12 heteroatoms. The molecule has 0 spiro atoms. The summed E-state index contributed by atoms with van der Waals surface area (Å²) >= 11 is 0.991. The lowest BCUT2D eigenvalue weighted by atomic mass is 10.0. The van der Waals surface area contributed by atoms with E-state index < -0.39 is 11.9 Å². The summed E-state index contributed by atoms with van der Waals surface area (Å²) in [5, 5.41) is 11.4. The molecule has 0 bridgehead atoms. The number of nitrogens with one attached hydrogen (secondary N) is 4. The minimum absolute atomic E-state index is 0.143. The minimum Gasteiger partial charge on any atom is -0.379 e. The van der Waals surface area contributed by atoms with Crippen LogP contribution in [-0.2, 0) is 4.74 Å². The van der Waals surface area contributed by atoms with Gasteiger partial charge in [0.15, 0.2) is 0 Å². The van der Waals surface area contributed by atoms with Gasteiger partial charge >= 0.3 is 12.1 Å². The number of benzene rings is 2. The van der Waals surface area contributed by atoms with E-state index >= 15 is 0 Å². The third-order valence-corrected chi connectivity index (χ3v) is 6.98. The molecule has 0 radical (unpaired) electrons. The van der Waals surface area contributed by atoms with Crippen molar-refractivity contribution >= 4 is 45.9 Å². The molecule has 39 heavy (non-hydrogen) atoms. The average Bonchev–Trinajstić information content (AvgIpc) is 3.30. The lowest BCUT2D eigenvalue weighted by Gasteiger charge is -2.26. The van der Waals surface area contributed by atoms with Crippen LogP contribution in [0, 0.1) is 13.8 Å². The molecule has 1 saturated heterocycles. The van der Waals surface area contributed by atoms with Crippen LogP contribution < -0.4 is 27.0 Å². The first kappa shape index (κ1) is 28.0. The Morgan fingerprint density at radius 3 is 2.44 bits per heavy atom. The summed E-state index contributed by atoms with van der Waals surface area (Å²) in [4.78, 5) is 39.6. The Kier molecular flexibility index (Phi) is 9.47. The predicted molar refractivity (Wildman–Crippen MR) is 154 cm³/mol. The monoisotopic (exact) mass is 551 g/mol. The quantitative estimate of drug-likeness (QED) is 0.254. The van der Waals surface area contributed by atoms with Gasteiger partial charge in [-0.3, -0.25) is 15.0 Å². The molecule has 1 aliphatic heterocycles. The zero-order chi connectivity index (χ0) is 27.8. The number of hydrogen-bond acceptors (Lipinski definition) is 7. The van der Waals surface area contributed by atoms with Crippen molar-refractivity contribution in [3.8, 4) is 11.3 Å². The van der Waals surface area contributed by atoms with E-state index in [1.165, 1.54) is 0 Å². The summed E-state index contributed by atoms with van der Waals surface area (Å²) in [5.41, 5.74) is 9.95. The van der Waals surface area contributed by atoms with Crippen LogP contribution in [0.1, 0.15) is 27.9 Å². The molecule has 0 atom stereocenters. The third kappa shape index (κ3) is 7.76. The largest absolute Gasteiger partial charge is 0.379 e. The normalized spacial score (nSPS) is 13.5. The van der Waals surface area contributed by atoms with E-state index in [-0.39, 0.29) is 16.6 Å². The van der Waals surface area contributed by atoms with Crippen LogP contribution in [0.2, 0.25) is 0 Å². The van der Waals surface area contributed by atoms with Crippen molar-refractivity contribution < 1.29 is 19.1 Å². The molecule has 4 rings (SSSR count). The van der Waals surface area contributed by atoms with E-state index in [2.05, 4.69) is 30.5 Å². The molecule has 1 fully saturated rings. The van der Waals surface area contributed by atoms with E-state index in [1.807, 2.05) is 38.1 Å². The van der Waals surface area contributed by atoms with Gasteiger partial charge in [0.1, 0.15) is 10.6 Å². The molecule has 3 aromatic rings. The van der Waals surface area contributed by atoms with Crippen molar-refractivity contribution in [3.05, 3.63) is 59.2 Å². The molecular weight excluding hydrogens is 518 g/mol. The molecule has 2 heterocycles. The molecule has 2 aromatic carbocycles. The third-order valence-electron chi connectivity index (χ3n) is 6.22. The highest BCUT2D eigenvalue weighted by molar-refractivity contribution is 7.11. The lowest BCUT2D eigenvalue weighted by molar-refractivity contribution is 0.0375. The number of anilines is 3. The van der Waals surface area contributed by atoms with Gasteiger partial charge in [-0.25, -0.2) is 9.59 Å². The van der Waals surface area contributed by atoms with E-state index in [0.717, 1.165) is 61.9 Å². The highest BCUT2D eigenvalue weighted by Crippen LogP contribution is 2.34. The fraction of sp³-hybridized carbons (Fsp3) is 0.333. The first-order valence-corrected chi connectivity index (χ1v) is 13.5. The Balaban J connectivity index is 1.37. The Morgan fingerprint density at radius 2 is 1.74 bits per heavy atom. The second-order valence-corrected chi connectivity index (χ2v) is 10.0. The highest BCUT2D eigenvalue weighted by atomic mass is 32.1.